The third-order valence-corrected chi connectivity index (χ3v) is 3.78. The molecule has 1 saturated carbocycles. The highest BCUT2D eigenvalue weighted by atomic mass is 16.5. The number of rotatable bonds is 8. The third kappa shape index (κ3) is 4.54. The Hall–Kier alpha value is -1.40. The van der Waals surface area contributed by atoms with E-state index in [1.165, 1.54) is 25.7 Å². The first-order chi connectivity index (χ1) is 10.2. The summed E-state index contributed by atoms with van der Waals surface area (Å²) in [4.78, 5) is 11.8. The molecule has 1 fully saturated rings. The predicted octanol–water partition coefficient (Wildman–Crippen LogP) is 1.65. The van der Waals surface area contributed by atoms with Crippen LogP contribution >= 0.6 is 0 Å². The van der Waals surface area contributed by atoms with E-state index in [9.17, 15) is 4.79 Å². The molecule has 2 rings (SSSR count). The van der Waals surface area contributed by atoms with Crippen LogP contribution in [0, 0.1) is 0 Å². The normalized spacial score (nSPS) is 15.5. The number of hydrogen-bond acceptors (Lipinski definition) is 5. The first-order valence-corrected chi connectivity index (χ1v) is 7.72. The molecule has 118 valence electrons. The number of nitrogens with zero attached hydrogens (tertiary/aromatic N) is 2. The fourth-order valence-corrected chi connectivity index (χ4v) is 2.61. The Morgan fingerprint density at radius 1 is 1.48 bits per heavy atom. The lowest BCUT2D eigenvalue weighted by molar-refractivity contribution is 0.0524. The van der Waals surface area contributed by atoms with Crippen molar-refractivity contribution in [1.29, 1.82) is 0 Å². The molecule has 0 amide bonds. The van der Waals surface area contributed by atoms with Gasteiger partial charge in [0, 0.05) is 20.1 Å². The average molecular weight is 295 g/mol. The predicted molar refractivity (Wildman–Crippen MR) is 79.1 cm³/mol. The van der Waals surface area contributed by atoms with Crippen LogP contribution in [0.15, 0.2) is 6.20 Å². The maximum atomic E-state index is 11.8. The van der Waals surface area contributed by atoms with Gasteiger partial charge in [-0.25, -0.2) is 4.79 Å². The molecule has 1 aromatic heterocycles. The maximum Gasteiger partial charge on any atom is 0.341 e. The summed E-state index contributed by atoms with van der Waals surface area (Å²) in [7, 11) is 1.83. The van der Waals surface area contributed by atoms with Crippen LogP contribution in [0.4, 0.5) is 0 Å². The molecule has 0 spiro atoms. The first-order valence-electron chi connectivity index (χ1n) is 7.72. The van der Waals surface area contributed by atoms with Crippen molar-refractivity contribution >= 4 is 5.97 Å². The van der Waals surface area contributed by atoms with Gasteiger partial charge >= 0.3 is 5.97 Å². The second-order valence-electron chi connectivity index (χ2n) is 5.30. The highest BCUT2D eigenvalue weighted by Gasteiger charge is 2.17. The van der Waals surface area contributed by atoms with Crippen molar-refractivity contribution < 1.29 is 14.3 Å². The Bertz CT molecular complexity index is 453. The molecule has 1 aromatic rings. The summed E-state index contributed by atoms with van der Waals surface area (Å²) in [6.45, 7) is 4.22. The molecule has 6 heteroatoms. The Kier molecular flexibility index (Phi) is 6.20. The molecular formula is C15H25N3O3. The highest BCUT2D eigenvalue weighted by Crippen LogP contribution is 2.20. The smallest absolute Gasteiger partial charge is 0.341 e. The lowest BCUT2D eigenvalue weighted by Gasteiger charge is -2.12. The van der Waals surface area contributed by atoms with Crippen LogP contribution in [0.2, 0.25) is 0 Å². The van der Waals surface area contributed by atoms with Gasteiger partial charge in [-0.3, -0.25) is 4.68 Å². The van der Waals surface area contributed by atoms with Gasteiger partial charge in [0.25, 0.3) is 0 Å². The Balaban J connectivity index is 1.74. The number of carbonyl (C=O) groups is 1. The zero-order valence-electron chi connectivity index (χ0n) is 12.9. The molecular weight excluding hydrogens is 270 g/mol. The minimum absolute atomic E-state index is 0.315. The second kappa shape index (κ2) is 8.14. The van der Waals surface area contributed by atoms with Gasteiger partial charge < -0.3 is 14.8 Å². The molecule has 0 saturated heterocycles. The molecule has 0 atom stereocenters. The fraction of sp³-hybridized carbons (Fsp3) is 0.733. The van der Waals surface area contributed by atoms with Crippen molar-refractivity contribution in [2.75, 3.05) is 19.8 Å². The number of esters is 1. The van der Waals surface area contributed by atoms with Crippen LogP contribution in [0.5, 0.6) is 0 Å². The quantitative estimate of drug-likeness (QED) is 0.583. The minimum Gasteiger partial charge on any atom is -0.462 e. The molecule has 1 aliphatic carbocycles. The van der Waals surface area contributed by atoms with Gasteiger partial charge in [0.05, 0.1) is 31.2 Å². The van der Waals surface area contributed by atoms with E-state index in [0.29, 0.717) is 31.4 Å². The number of aromatic nitrogens is 2. The molecule has 21 heavy (non-hydrogen) atoms. The Labute approximate surface area is 125 Å². The Morgan fingerprint density at radius 2 is 2.24 bits per heavy atom. The van der Waals surface area contributed by atoms with Crippen LogP contribution in [0.25, 0.3) is 0 Å². The van der Waals surface area contributed by atoms with Crippen molar-refractivity contribution in [1.82, 2.24) is 15.1 Å². The second-order valence-corrected chi connectivity index (χ2v) is 5.30. The largest absolute Gasteiger partial charge is 0.462 e. The lowest BCUT2D eigenvalue weighted by atomic mass is 10.2. The maximum absolute atomic E-state index is 11.8. The molecule has 0 bridgehead atoms. The third-order valence-electron chi connectivity index (χ3n) is 3.78. The topological polar surface area (TPSA) is 65.4 Å². The lowest BCUT2D eigenvalue weighted by Crippen LogP contribution is -2.24. The molecule has 0 unspecified atom stereocenters. The monoisotopic (exact) mass is 295 g/mol. The summed E-state index contributed by atoms with van der Waals surface area (Å²) in [6.07, 6.45) is 6.96. The molecule has 0 aliphatic heterocycles. The van der Waals surface area contributed by atoms with E-state index in [1.54, 1.807) is 17.8 Å². The van der Waals surface area contributed by atoms with Crippen LogP contribution in [0.3, 0.4) is 0 Å². The minimum atomic E-state index is -0.315. The van der Waals surface area contributed by atoms with E-state index in [-0.39, 0.29) is 5.97 Å². The van der Waals surface area contributed by atoms with E-state index in [0.717, 1.165) is 12.2 Å². The van der Waals surface area contributed by atoms with Crippen molar-refractivity contribution in [3.05, 3.63) is 17.5 Å². The standard InChI is InChI=1S/C15H25N3O3/c1-3-20-15(19)13-10-17-18(2)14(13)11-16-8-9-21-12-6-4-5-7-12/h10,12,16H,3-9,11H2,1-2H3. The first kappa shape index (κ1) is 16.0. The van der Waals surface area contributed by atoms with E-state index in [2.05, 4.69) is 10.4 Å². The SMILES string of the molecule is CCOC(=O)c1cnn(C)c1CNCCOC1CCCC1. The molecule has 1 heterocycles. The summed E-state index contributed by atoms with van der Waals surface area (Å²) in [5.74, 6) is -0.315. The van der Waals surface area contributed by atoms with Crippen LogP contribution < -0.4 is 5.32 Å². The van der Waals surface area contributed by atoms with Gasteiger partial charge in [-0.15, -0.1) is 0 Å². The van der Waals surface area contributed by atoms with Crippen molar-refractivity contribution in [2.45, 2.75) is 45.3 Å². The molecule has 0 radical (unpaired) electrons. The number of aryl methyl sites for hydroxylation is 1. The number of ether oxygens (including phenoxy) is 2. The van der Waals surface area contributed by atoms with E-state index in [1.807, 2.05) is 7.05 Å². The zero-order valence-corrected chi connectivity index (χ0v) is 12.9. The Morgan fingerprint density at radius 3 is 2.95 bits per heavy atom. The van der Waals surface area contributed by atoms with Gasteiger partial charge in [0.1, 0.15) is 5.56 Å². The van der Waals surface area contributed by atoms with Crippen LogP contribution in [0.1, 0.15) is 48.7 Å². The summed E-state index contributed by atoms with van der Waals surface area (Å²) in [5, 5.41) is 7.42. The van der Waals surface area contributed by atoms with Gasteiger partial charge in [-0.05, 0) is 19.8 Å². The molecule has 0 aromatic carbocycles. The summed E-state index contributed by atoms with van der Waals surface area (Å²) in [6, 6.07) is 0. The molecule has 6 nitrogen and oxygen atoms in total. The molecule has 1 aliphatic rings. The summed E-state index contributed by atoms with van der Waals surface area (Å²) in [5.41, 5.74) is 1.37. The van der Waals surface area contributed by atoms with Crippen LogP contribution in [-0.4, -0.2) is 41.6 Å². The molecule has 1 N–H and O–H groups in total. The van der Waals surface area contributed by atoms with E-state index >= 15 is 0 Å². The van der Waals surface area contributed by atoms with Crippen molar-refractivity contribution in [3.8, 4) is 0 Å². The van der Waals surface area contributed by atoms with Crippen molar-refractivity contribution in [2.24, 2.45) is 7.05 Å². The van der Waals surface area contributed by atoms with E-state index < -0.39 is 0 Å². The number of carbonyl (C=O) groups excluding carboxylic acids is 1. The van der Waals surface area contributed by atoms with Crippen LogP contribution in [-0.2, 0) is 23.1 Å². The van der Waals surface area contributed by atoms with Gasteiger partial charge in [-0.1, -0.05) is 12.8 Å². The summed E-state index contributed by atoms with van der Waals surface area (Å²) >= 11 is 0. The summed E-state index contributed by atoms with van der Waals surface area (Å²) < 4.78 is 12.5. The van der Waals surface area contributed by atoms with Gasteiger partial charge in [0.2, 0.25) is 0 Å². The van der Waals surface area contributed by atoms with Gasteiger partial charge in [-0.2, -0.15) is 5.10 Å². The van der Waals surface area contributed by atoms with Crippen molar-refractivity contribution in [3.63, 3.8) is 0 Å². The van der Waals surface area contributed by atoms with E-state index in [4.69, 9.17) is 9.47 Å². The number of hydrogen-bond donors (Lipinski definition) is 1. The highest BCUT2D eigenvalue weighted by molar-refractivity contribution is 5.90. The average Bonchev–Trinajstić information content (AvgIpc) is 3.09. The van der Waals surface area contributed by atoms with Gasteiger partial charge in [0.15, 0.2) is 0 Å². The zero-order chi connectivity index (χ0) is 15.1. The fourth-order valence-electron chi connectivity index (χ4n) is 2.61. The number of nitrogens with one attached hydrogen (secondary N) is 1.